The summed E-state index contributed by atoms with van der Waals surface area (Å²) < 4.78 is 0. The number of aliphatic carboxylic acids is 1. The molecule has 0 aromatic rings. The van der Waals surface area contributed by atoms with Crippen molar-refractivity contribution in [3.63, 3.8) is 0 Å². The third-order valence-corrected chi connectivity index (χ3v) is 8.45. The van der Waals surface area contributed by atoms with Crippen LogP contribution in [0.5, 0.6) is 0 Å². The maximum absolute atomic E-state index is 12.1. The second-order valence-corrected chi connectivity index (χ2v) is 13.0. The van der Waals surface area contributed by atoms with Crippen LogP contribution in [0.4, 0.5) is 0 Å². The third-order valence-electron chi connectivity index (χ3n) is 8.45. The molecule has 5 N–H and O–H groups in total. The van der Waals surface area contributed by atoms with Crippen LogP contribution in [0.2, 0.25) is 0 Å². The van der Waals surface area contributed by atoms with Crippen LogP contribution in [0, 0.1) is 0 Å². The van der Waals surface area contributed by atoms with Crippen LogP contribution in [-0.2, 0) is 14.4 Å². The molecule has 0 aliphatic carbocycles. The van der Waals surface area contributed by atoms with Gasteiger partial charge in [0.05, 0.1) is 0 Å². The first-order valence-corrected chi connectivity index (χ1v) is 19.4. The van der Waals surface area contributed by atoms with Gasteiger partial charge in [-0.2, -0.15) is 0 Å². The van der Waals surface area contributed by atoms with Crippen molar-refractivity contribution >= 4 is 17.8 Å². The van der Waals surface area contributed by atoms with Gasteiger partial charge in [0.1, 0.15) is 6.04 Å². The minimum atomic E-state index is -0.982. The number of carbonyl (C=O) groups is 3. The molecular weight excluding hydrogens is 562 g/mol. The molecule has 0 radical (unpaired) electrons. The van der Waals surface area contributed by atoms with Crippen LogP contribution in [0.25, 0.3) is 0 Å². The first-order chi connectivity index (χ1) is 21.9. The predicted octanol–water partition coefficient (Wildman–Crippen LogP) is 9.99. The fraction of sp³-hybridized carbons (Fsp3) is 0.921. The quantitative estimate of drug-likeness (QED) is 0.0532. The summed E-state index contributed by atoms with van der Waals surface area (Å²) in [4.78, 5) is 35.6. The van der Waals surface area contributed by atoms with E-state index in [1.54, 1.807) is 0 Å². The lowest BCUT2D eigenvalue weighted by atomic mass is 10.1. The van der Waals surface area contributed by atoms with Gasteiger partial charge in [-0.25, -0.2) is 4.79 Å². The molecule has 0 fully saturated rings. The molecule has 45 heavy (non-hydrogen) atoms. The topological polar surface area (TPSA) is 122 Å². The fourth-order valence-electron chi connectivity index (χ4n) is 5.43. The first-order valence-electron chi connectivity index (χ1n) is 19.4. The highest BCUT2D eigenvalue weighted by atomic mass is 16.4. The van der Waals surface area contributed by atoms with Gasteiger partial charge in [0, 0.05) is 19.4 Å². The van der Waals surface area contributed by atoms with Crippen LogP contribution < -0.4 is 16.4 Å². The van der Waals surface area contributed by atoms with Gasteiger partial charge < -0.3 is 21.5 Å². The largest absolute Gasteiger partial charge is 0.480 e. The SMILES string of the molecule is CCCCCCCCCCCC(=O)NCCCC[C@H](NC(=O)CCCCCCCCCCC)C(=O)O.CCCCCCCCN. The van der Waals surface area contributed by atoms with Gasteiger partial charge in [-0.05, 0) is 45.1 Å². The van der Waals surface area contributed by atoms with Crippen molar-refractivity contribution in [2.24, 2.45) is 5.73 Å². The average Bonchev–Trinajstić information content (AvgIpc) is 3.02. The number of carboxylic acids is 1. The molecule has 7 nitrogen and oxygen atoms in total. The lowest BCUT2D eigenvalue weighted by molar-refractivity contribution is -0.142. The minimum absolute atomic E-state index is 0.0852. The summed E-state index contributed by atoms with van der Waals surface area (Å²) in [6.07, 6.45) is 32.6. The van der Waals surface area contributed by atoms with Crippen molar-refractivity contribution in [3.05, 3.63) is 0 Å². The molecule has 0 saturated carbocycles. The molecule has 7 heteroatoms. The Labute approximate surface area is 279 Å². The highest BCUT2D eigenvalue weighted by Gasteiger charge is 2.19. The molecule has 2 amide bonds. The molecule has 0 aliphatic heterocycles. The Bertz CT molecular complexity index is 638. The molecule has 0 unspecified atom stereocenters. The highest BCUT2D eigenvalue weighted by molar-refractivity contribution is 5.83. The van der Waals surface area contributed by atoms with Crippen LogP contribution in [0.3, 0.4) is 0 Å². The standard InChI is InChI=1S/C30H58N2O4.C8H19N/c1-3-5-7-9-11-13-15-17-19-24-28(33)31-26-22-21-23-27(30(35)36)32-29(34)25-20-18-16-14-12-10-8-6-4-2;1-2-3-4-5-6-7-8-9/h27H,3-26H2,1-2H3,(H,31,33)(H,32,34)(H,35,36);2-9H2,1H3/t27-;/m0./s1. The van der Waals surface area contributed by atoms with E-state index in [4.69, 9.17) is 5.73 Å². The van der Waals surface area contributed by atoms with E-state index in [1.165, 1.54) is 122 Å². The van der Waals surface area contributed by atoms with Gasteiger partial charge in [0.2, 0.25) is 11.8 Å². The molecule has 0 aromatic carbocycles. The summed E-state index contributed by atoms with van der Waals surface area (Å²) in [5.41, 5.74) is 5.34. The van der Waals surface area contributed by atoms with E-state index in [1.807, 2.05) is 0 Å². The Morgan fingerprint density at radius 2 is 0.889 bits per heavy atom. The molecule has 0 rings (SSSR count). The molecule has 0 saturated heterocycles. The molecule has 0 spiro atoms. The summed E-state index contributed by atoms with van der Waals surface area (Å²) in [7, 11) is 0. The van der Waals surface area contributed by atoms with Crippen molar-refractivity contribution in [2.45, 2.75) is 213 Å². The predicted molar refractivity (Wildman–Crippen MR) is 193 cm³/mol. The Balaban J connectivity index is 0. The van der Waals surface area contributed by atoms with Gasteiger partial charge in [-0.3, -0.25) is 9.59 Å². The van der Waals surface area contributed by atoms with Crippen molar-refractivity contribution in [2.75, 3.05) is 13.1 Å². The summed E-state index contributed by atoms with van der Waals surface area (Å²) in [5, 5.41) is 15.0. The van der Waals surface area contributed by atoms with Gasteiger partial charge in [-0.1, -0.05) is 156 Å². The van der Waals surface area contributed by atoms with Crippen molar-refractivity contribution in [3.8, 4) is 0 Å². The number of rotatable bonds is 33. The van der Waals surface area contributed by atoms with E-state index in [9.17, 15) is 19.5 Å². The minimum Gasteiger partial charge on any atom is -0.480 e. The van der Waals surface area contributed by atoms with Gasteiger partial charge in [-0.15, -0.1) is 0 Å². The third kappa shape index (κ3) is 38.5. The number of hydrogen-bond donors (Lipinski definition) is 4. The van der Waals surface area contributed by atoms with Gasteiger partial charge in [0.15, 0.2) is 0 Å². The lowest BCUT2D eigenvalue weighted by Gasteiger charge is -2.14. The number of hydrogen-bond acceptors (Lipinski definition) is 4. The van der Waals surface area contributed by atoms with Crippen LogP contribution in [-0.4, -0.2) is 42.0 Å². The molecule has 0 heterocycles. The number of nitrogens with one attached hydrogen (secondary N) is 2. The summed E-state index contributed by atoms with van der Waals surface area (Å²) in [5.74, 6) is -1.06. The highest BCUT2D eigenvalue weighted by Crippen LogP contribution is 2.12. The van der Waals surface area contributed by atoms with Crippen molar-refractivity contribution < 1.29 is 19.5 Å². The zero-order chi connectivity index (χ0) is 33.6. The lowest BCUT2D eigenvalue weighted by Crippen LogP contribution is -2.40. The number of carboxylic acid groups (broad SMARTS) is 1. The van der Waals surface area contributed by atoms with E-state index in [-0.39, 0.29) is 11.8 Å². The number of nitrogens with two attached hydrogens (primary N) is 1. The molecule has 1 atom stereocenters. The fourth-order valence-corrected chi connectivity index (χ4v) is 5.43. The van der Waals surface area contributed by atoms with E-state index in [0.29, 0.717) is 32.2 Å². The Hall–Kier alpha value is -1.63. The Kier molecular flexibility index (Phi) is 39.0. The number of carbonyl (C=O) groups excluding carboxylic acids is 2. The zero-order valence-electron chi connectivity index (χ0n) is 30.2. The maximum Gasteiger partial charge on any atom is 0.326 e. The smallest absolute Gasteiger partial charge is 0.326 e. The van der Waals surface area contributed by atoms with E-state index >= 15 is 0 Å². The molecule has 0 bridgehead atoms. The summed E-state index contributed by atoms with van der Waals surface area (Å²) >= 11 is 0. The second kappa shape index (κ2) is 38.6. The average molecular weight is 640 g/mol. The first kappa shape index (κ1) is 45.5. The Morgan fingerprint density at radius 1 is 0.511 bits per heavy atom. The van der Waals surface area contributed by atoms with Crippen LogP contribution in [0.1, 0.15) is 207 Å². The van der Waals surface area contributed by atoms with Crippen LogP contribution >= 0.6 is 0 Å². The second-order valence-electron chi connectivity index (χ2n) is 13.0. The summed E-state index contributed by atoms with van der Waals surface area (Å²) in [6.45, 7) is 8.13. The van der Waals surface area contributed by atoms with Crippen LogP contribution in [0.15, 0.2) is 0 Å². The molecule has 268 valence electrons. The van der Waals surface area contributed by atoms with Crippen molar-refractivity contribution in [1.82, 2.24) is 10.6 Å². The molecular formula is C38H77N3O4. The summed E-state index contributed by atoms with van der Waals surface area (Å²) in [6, 6.07) is -0.839. The van der Waals surface area contributed by atoms with E-state index < -0.39 is 12.0 Å². The van der Waals surface area contributed by atoms with Crippen molar-refractivity contribution in [1.29, 1.82) is 0 Å². The van der Waals surface area contributed by atoms with Gasteiger partial charge in [0.25, 0.3) is 0 Å². The van der Waals surface area contributed by atoms with E-state index in [2.05, 4.69) is 31.4 Å². The normalized spacial score (nSPS) is 11.5. The number of unbranched alkanes of at least 4 members (excludes halogenated alkanes) is 22. The Morgan fingerprint density at radius 3 is 1.29 bits per heavy atom. The zero-order valence-corrected chi connectivity index (χ0v) is 30.2. The van der Waals surface area contributed by atoms with Gasteiger partial charge >= 0.3 is 5.97 Å². The maximum atomic E-state index is 12.1. The molecule has 0 aliphatic rings. The molecule has 0 aromatic heterocycles. The number of amides is 2. The monoisotopic (exact) mass is 640 g/mol. The van der Waals surface area contributed by atoms with E-state index in [0.717, 1.165) is 45.1 Å².